The summed E-state index contributed by atoms with van der Waals surface area (Å²) < 4.78 is 0. The SMILES string of the molecule is CCN(Cc1cccc(C)n1)Cc1ccccc1B(O)O. The Morgan fingerprint density at radius 3 is 2.48 bits per heavy atom. The first-order valence-corrected chi connectivity index (χ1v) is 7.19. The average Bonchev–Trinajstić information content (AvgIpc) is 2.47. The Bertz CT molecular complexity index is 590. The summed E-state index contributed by atoms with van der Waals surface area (Å²) in [6, 6.07) is 13.4. The Hall–Kier alpha value is -1.69. The summed E-state index contributed by atoms with van der Waals surface area (Å²) >= 11 is 0. The second-order valence-corrected chi connectivity index (χ2v) is 5.15. The van der Waals surface area contributed by atoms with E-state index in [0.29, 0.717) is 12.0 Å². The zero-order valence-electron chi connectivity index (χ0n) is 12.5. The summed E-state index contributed by atoms with van der Waals surface area (Å²) in [6.07, 6.45) is 0. The second-order valence-electron chi connectivity index (χ2n) is 5.15. The molecular formula is C16H21BN2O2. The maximum absolute atomic E-state index is 9.44. The topological polar surface area (TPSA) is 56.6 Å². The van der Waals surface area contributed by atoms with Crippen molar-refractivity contribution in [2.45, 2.75) is 26.9 Å². The minimum Gasteiger partial charge on any atom is -0.423 e. The highest BCUT2D eigenvalue weighted by molar-refractivity contribution is 6.59. The molecule has 0 spiro atoms. The van der Waals surface area contributed by atoms with Gasteiger partial charge in [-0.05, 0) is 36.6 Å². The van der Waals surface area contributed by atoms with Gasteiger partial charge in [-0.2, -0.15) is 0 Å². The zero-order chi connectivity index (χ0) is 15.2. The van der Waals surface area contributed by atoms with E-state index in [1.165, 1.54) is 0 Å². The van der Waals surface area contributed by atoms with Crippen molar-refractivity contribution in [3.63, 3.8) is 0 Å². The Labute approximate surface area is 126 Å². The smallest absolute Gasteiger partial charge is 0.423 e. The molecule has 110 valence electrons. The summed E-state index contributed by atoms with van der Waals surface area (Å²) in [7, 11) is -1.43. The van der Waals surface area contributed by atoms with Crippen molar-refractivity contribution in [1.29, 1.82) is 0 Å². The van der Waals surface area contributed by atoms with E-state index in [2.05, 4.69) is 16.8 Å². The van der Waals surface area contributed by atoms with Crippen molar-refractivity contribution in [2.24, 2.45) is 0 Å². The molecule has 2 rings (SSSR count). The molecule has 1 heterocycles. The second kappa shape index (κ2) is 7.36. The lowest BCUT2D eigenvalue weighted by Gasteiger charge is -2.21. The molecule has 0 aliphatic rings. The van der Waals surface area contributed by atoms with Gasteiger partial charge in [-0.1, -0.05) is 37.3 Å². The summed E-state index contributed by atoms with van der Waals surface area (Å²) in [5, 5.41) is 18.9. The molecule has 0 bridgehead atoms. The van der Waals surface area contributed by atoms with E-state index in [-0.39, 0.29) is 0 Å². The van der Waals surface area contributed by atoms with Crippen LogP contribution in [0.5, 0.6) is 0 Å². The molecule has 0 amide bonds. The van der Waals surface area contributed by atoms with Gasteiger partial charge >= 0.3 is 7.12 Å². The van der Waals surface area contributed by atoms with Crippen LogP contribution in [0.4, 0.5) is 0 Å². The van der Waals surface area contributed by atoms with E-state index < -0.39 is 7.12 Å². The van der Waals surface area contributed by atoms with Gasteiger partial charge in [0.25, 0.3) is 0 Å². The lowest BCUT2D eigenvalue weighted by Crippen LogP contribution is -2.35. The fourth-order valence-corrected chi connectivity index (χ4v) is 2.37. The summed E-state index contributed by atoms with van der Waals surface area (Å²) in [5.41, 5.74) is 3.53. The van der Waals surface area contributed by atoms with Crippen LogP contribution in [0.2, 0.25) is 0 Å². The van der Waals surface area contributed by atoms with Crippen molar-refractivity contribution in [1.82, 2.24) is 9.88 Å². The van der Waals surface area contributed by atoms with Gasteiger partial charge in [0.05, 0.1) is 5.69 Å². The molecule has 0 saturated carbocycles. The van der Waals surface area contributed by atoms with Gasteiger partial charge in [0.2, 0.25) is 0 Å². The number of aryl methyl sites for hydroxylation is 1. The van der Waals surface area contributed by atoms with E-state index in [1.54, 1.807) is 6.07 Å². The van der Waals surface area contributed by atoms with Gasteiger partial charge in [-0.15, -0.1) is 0 Å². The van der Waals surface area contributed by atoms with Crippen molar-refractivity contribution in [2.75, 3.05) is 6.54 Å². The number of rotatable bonds is 6. The Balaban J connectivity index is 2.12. The number of nitrogens with zero attached hydrogens (tertiary/aromatic N) is 2. The normalized spacial score (nSPS) is 10.9. The van der Waals surface area contributed by atoms with Crippen LogP contribution in [0.15, 0.2) is 42.5 Å². The van der Waals surface area contributed by atoms with Crippen LogP contribution in [0.3, 0.4) is 0 Å². The van der Waals surface area contributed by atoms with Crippen LogP contribution in [0.25, 0.3) is 0 Å². The van der Waals surface area contributed by atoms with Crippen molar-refractivity contribution >= 4 is 12.6 Å². The number of aromatic nitrogens is 1. The van der Waals surface area contributed by atoms with Crippen LogP contribution >= 0.6 is 0 Å². The highest BCUT2D eigenvalue weighted by atomic mass is 16.4. The first kappa shape index (κ1) is 15.7. The molecule has 2 aromatic rings. The third kappa shape index (κ3) is 4.39. The lowest BCUT2D eigenvalue weighted by molar-refractivity contribution is 0.268. The number of pyridine rings is 1. The third-order valence-electron chi connectivity index (χ3n) is 3.51. The number of hydrogen-bond acceptors (Lipinski definition) is 4. The van der Waals surface area contributed by atoms with Gasteiger partial charge in [0.15, 0.2) is 0 Å². The molecule has 2 N–H and O–H groups in total. The highest BCUT2D eigenvalue weighted by Crippen LogP contribution is 2.08. The predicted octanol–water partition coefficient (Wildman–Crippen LogP) is 1.09. The van der Waals surface area contributed by atoms with E-state index in [1.807, 2.05) is 43.3 Å². The molecule has 0 unspecified atom stereocenters. The summed E-state index contributed by atoms with van der Waals surface area (Å²) in [5.74, 6) is 0. The van der Waals surface area contributed by atoms with Crippen LogP contribution in [0.1, 0.15) is 23.9 Å². The van der Waals surface area contributed by atoms with E-state index in [4.69, 9.17) is 0 Å². The lowest BCUT2D eigenvalue weighted by atomic mass is 9.77. The van der Waals surface area contributed by atoms with Gasteiger partial charge in [-0.25, -0.2) is 0 Å². The molecule has 21 heavy (non-hydrogen) atoms. The summed E-state index contributed by atoms with van der Waals surface area (Å²) in [6.45, 7) is 6.35. The molecular weight excluding hydrogens is 263 g/mol. The molecule has 1 aromatic heterocycles. The minimum absolute atomic E-state index is 0.563. The fraction of sp³-hybridized carbons (Fsp3) is 0.312. The molecule has 0 atom stereocenters. The van der Waals surface area contributed by atoms with Crippen molar-refractivity contribution < 1.29 is 10.0 Å². The molecule has 0 aliphatic carbocycles. The number of hydrogen-bond donors (Lipinski definition) is 2. The molecule has 0 fully saturated rings. The molecule has 1 aromatic carbocycles. The molecule has 4 nitrogen and oxygen atoms in total. The molecule has 0 radical (unpaired) electrons. The average molecular weight is 284 g/mol. The largest absolute Gasteiger partial charge is 0.488 e. The monoisotopic (exact) mass is 284 g/mol. The zero-order valence-corrected chi connectivity index (χ0v) is 12.5. The Kier molecular flexibility index (Phi) is 5.50. The van der Waals surface area contributed by atoms with Gasteiger partial charge < -0.3 is 10.0 Å². The summed E-state index contributed by atoms with van der Waals surface area (Å²) in [4.78, 5) is 6.74. The van der Waals surface area contributed by atoms with Crippen molar-refractivity contribution in [3.05, 3.63) is 59.4 Å². The van der Waals surface area contributed by atoms with Crippen molar-refractivity contribution in [3.8, 4) is 0 Å². The fourth-order valence-electron chi connectivity index (χ4n) is 2.37. The van der Waals surface area contributed by atoms with E-state index in [9.17, 15) is 10.0 Å². The quantitative estimate of drug-likeness (QED) is 0.780. The maximum atomic E-state index is 9.44. The van der Waals surface area contributed by atoms with Crippen LogP contribution in [0, 0.1) is 6.92 Å². The number of benzene rings is 1. The van der Waals surface area contributed by atoms with Crippen LogP contribution in [-0.4, -0.2) is 33.6 Å². The van der Waals surface area contributed by atoms with Gasteiger partial charge in [0, 0.05) is 18.8 Å². The molecule has 0 aliphatic heterocycles. The molecule has 0 saturated heterocycles. The highest BCUT2D eigenvalue weighted by Gasteiger charge is 2.17. The Morgan fingerprint density at radius 1 is 1.05 bits per heavy atom. The van der Waals surface area contributed by atoms with Gasteiger partial charge in [0.1, 0.15) is 0 Å². The molecule has 5 heteroatoms. The van der Waals surface area contributed by atoms with E-state index >= 15 is 0 Å². The van der Waals surface area contributed by atoms with Crippen LogP contribution in [-0.2, 0) is 13.1 Å². The minimum atomic E-state index is -1.43. The standard InChI is InChI=1S/C16H21BN2O2/c1-3-19(12-15-9-6-7-13(2)18-15)11-14-8-4-5-10-16(14)17(20)21/h4-10,20-21H,3,11-12H2,1-2H3. The maximum Gasteiger partial charge on any atom is 0.488 e. The first-order valence-electron chi connectivity index (χ1n) is 7.19. The van der Waals surface area contributed by atoms with E-state index in [0.717, 1.165) is 30.0 Å². The van der Waals surface area contributed by atoms with Crippen LogP contribution < -0.4 is 5.46 Å². The van der Waals surface area contributed by atoms with Gasteiger partial charge in [-0.3, -0.25) is 9.88 Å². The first-order chi connectivity index (χ1) is 10.1. The third-order valence-corrected chi connectivity index (χ3v) is 3.51. The predicted molar refractivity (Wildman–Crippen MR) is 85.0 cm³/mol. The Morgan fingerprint density at radius 2 is 1.81 bits per heavy atom.